The van der Waals surface area contributed by atoms with Crippen molar-refractivity contribution in [3.05, 3.63) is 0 Å². The smallest absolute Gasteiger partial charge is 0.00496 e. The highest BCUT2D eigenvalue weighted by Crippen LogP contribution is 2.44. The third-order valence-electron chi connectivity index (χ3n) is 11.8. The summed E-state index contributed by atoms with van der Waals surface area (Å²) < 4.78 is 0. The summed E-state index contributed by atoms with van der Waals surface area (Å²) in [6, 6.07) is 0. The van der Waals surface area contributed by atoms with Crippen LogP contribution in [0.5, 0.6) is 0 Å². The van der Waals surface area contributed by atoms with Crippen LogP contribution in [0.4, 0.5) is 0 Å². The monoisotopic (exact) mass is 561 g/mol. The molecule has 3 rings (SSSR count). The first kappa shape index (κ1) is 33.8. The van der Waals surface area contributed by atoms with Crippen LogP contribution in [0.1, 0.15) is 194 Å². The summed E-state index contributed by atoms with van der Waals surface area (Å²) in [6.45, 7) is 5.11. The molecule has 1 heteroatoms. The van der Waals surface area contributed by atoms with Gasteiger partial charge in [-0.05, 0) is 73.9 Å². The molecule has 0 bridgehead atoms. The van der Waals surface area contributed by atoms with Crippen LogP contribution in [0, 0.1) is 35.5 Å². The van der Waals surface area contributed by atoms with Crippen molar-refractivity contribution >= 4 is 11.8 Å². The quantitative estimate of drug-likeness (QED) is 0.242. The third-order valence-corrected chi connectivity index (χ3v) is 12.8. The molecule has 0 aliphatic heterocycles. The molecule has 0 N–H and O–H groups in total. The lowest BCUT2D eigenvalue weighted by Crippen LogP contribution is -2.23. The van der Waals surface area contributed by atoms with E-state index in [-0.39, 0.29) is 0 Å². The minimum Gasteiger partial charge on any atom is -0.162 e. The van der Waals surface area contributed by atoms with Gasteiger partial charge in [0.25, 0.3) is 0 Å². The predicted octanol–water partition coefficient (Wildman–Crippen LogP) is 13.4. The van der Waals surface area contributed by atoms with Crippen molar-refractivity contribution < 1.29 is 0 Å². The molecule has 0 spiro atoms. The van der Waals surface area contributed by atoms with Crippen molar-refractivity contribution in [1.82, 2.24) is 0 Å². The predicted molar refractivity (Wildman–Crippen MR) is 179 cm³/mol. The van der Waals surface area contributed by atoms with Gasteiger partial charge in [-0.3, -0.25) is 0 Å². The Morgan fingerprint density at radius 3 is 1.59 bits per heavy atom. The first-order valence-electron chi connectivity index (χ1n) is 18.7. The lowest BCUT2D eigenvalue weighted by molar-refractivity contribution is 0.232. The summed E-state index contributed by atoms with van der Waals surface area (Å²) in [5.74, 6) is 6.09. The molecule has 0 saturated heterocycles. The van der Waals surface area contributed by atoms with Crippen LogP contribution >= 0.6 is 11.8 Å². The minimum absolute atomic E-state index is 0.898. The van der Waals surface area contributed by atoms with Gasteiger partial charge in [-0.2, -0.15) is 11.8 Å². The molecule has 0 amide bonds. The molecule has 0 heterocycles. The van der Waals surface area contributed by atoms with E-state index in [0.29, 0.717) is 0 Å². The van der Waals surface area contributed by atoms with E-state index < -0.39 is 0 Å². The Bertz CT molecular complexity index is 549. The molecule has 39 heavy (non-hydrogen) atoms. The molecule has 0 aromatic carbocycles. The molecule has 0 aromatic heterocycles. The standard InChI is InChI=1S/C38H72S/c1-4-21-37(35-24-19-15-11-6-5-7-12-16-20-25-35)31-38(39-3)28-32(2)36-27-26-34(30-36)29-33-22-17-13-9-8-10-14-18-23-33/h32-38H,4-31H2,1-3H3. The second-order valence-electron chi connectivity index (χ2n) is 15.0. The van der Waals surface area contributed by atoms with Crippen molar-refractivity contribution in [3.8, 4) is 0 Å². The second-order valence-corrected chi connectivity index (χ2v) is 16.1. The van der Waals surface area contributed by atoms with Gasteiger partial charge in [-0.25, -0.2) is 0 Å². The normalized spacial score (nSPS) is 28.7. The molecule has 3 aliphatic rings. The third kappa shape index (κ3) is 13.9. The van der Waals surface area contributed by atoms with E-state index in [1.54, 1.807) is 38.5 Å². The van der Waals surface area contributed by atoms with Crippen LogP contribution in [0.2, 0.25) is 0 Å². The summed E-state index contributed by atoms with van der Waals surface area (Å²) in [5, 5.41) is 0.898. The number of hydrogen-bond donors (Lipinski definition) is 0. The first-order valence-corrected chi connectivity index (χ1v) is 20.0. The summed E-state index contributed by atoms with van der Waals surface area (Å²) in [4.78, 5) is 0. The Morgan fingerprint density at radius 1 is 0.564 bits per heavy atom. The van der Waals surface area contributed by atoms with Gasteiger partial charge < -0.3 is 0 Å². The highest BCUT2D eigenvalue weighted by molar-refractivity contribution is 7.99. The largest absolute Gasteiger partial charge is 0.162 e. The van der Waals surface area contributed by atoms with E-state index >= 15 is 0 Å². The average molecular weight is 561 g/mol. The summed E-state index contributed by atoms with van der Waals surface area (Å²) in [6.07, 6.45) is 44.8. The van der Waals surface area contributed by atoms with Gasteiger partial charge in [0.2, 0.25) is 0 Å². The Hall–Kier alpha value is 0.350. The Morgan fingerprint density at radius 2 is 1.08 bits per heavy atom. The van der Waals surface area contributed by atoms with Crippen molar-refractivity contribution in [3.63, 3.8) is 0 Å². The summed E-state index contributed by atoms with van der Waals surface area (Å²) in [7, 11) is 0. The molecule has 5 atom stereocenters. The molecular formula is C38H72S. The van der Waals surface area contributed by atoms with Gasteiger partial charge in [-0.1, -0.05) is 162 Å². The maximum atomic E-state index is 2.66. The Labute approximate surface area is 251 Å². The Balaban J connectivity index is 1.46. The summed E-state index contributed by atoms with van der Waals surface area (Å²) in [5.41, 5.74) is 0. The van der Waals surface area contributed by atoms with Crippen LogP contribution in [0.3, 0.4) is 0 Å². The molecular weight excluding hydrogens is 488 g/mol. The van der Waals surface area contributed by atoms with Crippen molar-refractivity contribution in [1.29, 1.82) is 0 Å². The molecule has 0 aromatic rings. The van der Waals surface area contributed by atoms with Gasteiger partial charge >= 0.3 is 0 Å². The Kier molecular flexibility index (Phi) is 18.3. The van der Waals surface area contributed by atoms with Crippen LogP contribution in [-0.4, -0.2) is 11.5 Å². The van der Waals surface area contributed by atoms with Gasteiger partial charge in [0.05, 0.1) is 0 Å². The van der Waals surface area contributed by atoms with Crippen molar-refractivity contribution in [2.24, 2.45) is 35.5 Å². The van der Waals surface area contributed by atoms with Gasteiger partial charge in [0.15, 0.2) is 0 Å². The lowest BCUT2D eigenvalue weighted by atomic mass is 9.77. The van der Waals surface area contributed by atoms with E-state index in [1.807, 2.05) is 0 Å². The topological polar surface area (TPSA) is 0 Å². The van der Waals surface area contributed by atoms with Crippen LogP contribution in [0.25, 0.3) is 0 Å². The van der Waals surface area contributed by atoms with E-state index in [4.69, 9.17) is 0 Å². The van der Waals surface area contributed by atoms with Crippen LogP contribution in [0.15, 0.2) is 0 Å². The molecule has 3 aliphatic carbocycles. The number of rotatable bonds is 11. The fourth-order valence-corrected chi connectivity index (χ4v) is 10.2. The zero-order chi connectivity index (χ0) is 27.5. The number of hydrogen-bond acceptors (Lipinski definition) is 1. The lowest BCUT2D eigenvalue weighted by Gasteiger charge is -2.32. The van der Waals surface area contributed by atoms with Crippen LogP contribution < -0.4 is 0 Å². The van der Waals surface area contributed by atoms with Crippen molar-refractivity contribution in [2.45, 2.75) is 199 Å². The van der Waals surface area contributed by atoms with Crippen molar-refractivity contribution in [2.75, 3.05) is 6.26 Å². The molecule has 3 saturated carbocycles. The van der Waals surface area contributed by atoms with E-state index in [9.17, 15) is 0 Å². The molecule has 0 radical (unpaired) electrons. The van der Waals surface area contributed by atoms with Gasteiger partial charge in [-0.15, -0.1) is 0 Å². The van der Waals surface area contributed by atoms with E-state index in [1.165, 1.54) is 141 Å². The van der Waals surface area contributed by atoms with Gasteiger partial charge in [0, 0.05) is 5.25 Å². The minimum atomic E-state index is 0.898. The average Bonchev–Trinajstić information content (AvgIpc) is 3.40. The van der Waals surface area contributed by atoms with Crippen LogP contribution in [-0.2, 0) is 0 Å². The number of thioether (sulfide) groups is 1. The maximum Gasteiger partial charge on any atom is 0.00496 e. The highest BCUT2D eigenvalue weighted by atomic mass is 32.2. The fourth-order valence-electron chi connectivity index (χ4n) is 9.26. The fraction of sp³-hybridized carbons (Fsp3) is 1.00. The SMILES string of the molecule is CCCC(CC(CC(C)C1CCC(CC2CCCCCCCCC2)C1)SC)C1CCCCCCCCCCC1. The molecule has 3 fully saturated rings. The first-order chi connectivity index (χ1) is 19.2. The summed E-state index contributed by atoms with van der Waals surface area (Å²) >= 11 is 2.24. The highest BCUT2D eigenvalue weighted by Gasteiger charge is 2.32. The van der Waals surface area contributed by atoms with Gasteiger partial charge in [0.1, 0.15) is 0 Å². The molecule has 5 unspecified atom stereocenters. The maximum absolute atomic E-state index is 2.66. The zero-order valence-corrected chi connectivity index (χ0v) is 28.1. The second kappa shape index (κ2) is 21.1. The van der Waals surface area contributed by atoms with E-state index in [0.717, 1.165) is 40.8 Å². The zero-order valence-electron chi connectivity index (χ0n) is 27.2. The molecule has 0 nitrogen and oxygen atoms in total. The molecule has 230 valence electrons. The van der Waals surface area contributed by atoms with E-state index in [2.05, 4.69) is 31.9 Å².